The molecule has 8 nitrogen and oxygen atoms in total. The molecule has 2 N–H and O–H groups in total. The highest BCUT2D eigenvalue weighted by atomic mass is 32.1. The van der Waals surface area contributed by atoms with E-state index < -0.39 is 5.91 Å². The zero-order chi connectivity index (χ0) is 23.1. The van der Waals surface area contributed by atoms with Gasteiger partial charge in [-0.1, -0.05) is 18.2 Å². The van der Waals surface area contributed by atoms with Crippen LogP contribution >= 0.6 is 11.3 Å². The molecule has 0 spiro atoms. The fourth-order valence-corrected chi connectivity index (χ4v) is 3.52. The number of benzene rings is 2. The van der Waals surface area contributed by atoms with E-state index in [4.69, 9.17) is 14.2 Å². The number of thiophene rings is 1. The van der Waals surface area contributed by atoms with Crippen molar-refractivity contribution in [3.8, 4) is 17.2 Å². The minimum Gasteiger partial charge on any atom is -0.493 e. The molecule has 0 saturated heterocycles. The van der Waals surface area contributed by atoms with Crippen LogP contribution in [0.3, 0.4) is 0 Å². The molecule has 0 aliphatic carbocycles. The van der Waals surface area contributed by atoms with Crippen molar-refractivity contribution < 1.29 is 23.8 Å². The van der Waals surface area contributed by atoms with E-state index in [9.17, 15) is 9.59 Å². The van der Waals surface area contributed by atoms with E-state index in [1.54, 1.807) is 43.3 Å². The van der Waals surface area contributed by atoms with Crippen molar-refractivity contribution in [2.75, 3.05) is 26.6 Å². The van der Waals surface area contributed by atoms with E-state index >= 15 is 0 Å². The number of hydrogen-bond donors (Lipinski definition) is 2. The van der Waals surface area contributed by atoms with Crippen LogP contribution in [-0.4, -0.2) is 38.9 Å². The zero-order valence-electron chi connectivity index (χ0n) is 18.1. The Morgan fingerprint density at radius 1 is 0.875 bits per heavy atom. The number of hydrazone groups is 1. The average Bonchev–Trinajstić information content (AvgIpc) is 3.36. The highest BCUT2D eigenvalue weighted by molar-refractivity contribution is 7.12. The predicted octanol–water partition coefficient (Wildman–Crippen LogP) is 4.18. The van der Waals surface area contributed by atoms with Gasteiger partial charge < -0.3 is 19.5 Å². The maximum atomic E-state index is 12.6. The highest BCUT2D eigenvalue weighted by Crippen LogP contribution is 2.38. The first-order valence-corrected chi connectivity index (χ1v) is 10.4. The van der Waals surface area contributed by atoms with E-state index in [0.717, 1.165) is 5.56 Å². The number of carbonyl (C=O) groups excluding carboxylic acids is 2. The minimum absolute atomic E-state index is 0.178. The van der Waals surface area contributed by atoms with Crippen molar-refractivity contribution in [2.24, 2.45) is 5.10 Å². The summed E-state index contributed by atoms with van der Waals surface area (Å²) < 4.78 is 15.8. The molecule has 0 unspecified atom stereocenters. The van der Waals surface area contributed by atoms with Gasteiger partial charge in [-0.05, 0) is 48.2 Å². The summed E-state index contributed by atoms with van der Waals surface area (Å²) in [5, 5.41) is 8.89. The maximum Gasteiger partial charge on any atom is 0.271 e. The molecule has 2 aromatic carbocycles. The van der Waals surface area contributed by atoms with E-state index in [-0.39, 0.29) is 5.91 Å². The van der Waals surface area contributed by atoms with Gasteiger partial charge in [-0.15, -0.1) is 11.3 Å². The standard InChI is InChI=1S/C23H23N3O5S/c1-14(15-7-5-8-17(11-15)24-23(28)20-9-6-10-32-20)25-26-22(27)16-12-18(29-2)21(31-4)19(13-16)30-3/h5-13H,1-4H3,(H,24,28)(H,26,27)/b25-14-. The maximum absolute atomic E-state index is 12.6. The van der Waals surface area contributed by atoms with Gasteiger partial charge in [-0.2, -0.15) is 5.10 Å². The minimum atomic E-state index is -0.439. The van der Waals surface area contributed by atoms with Gasteiger partial charge in [0.15, 0.2) is 11.5 Å². The predicted molar refractivity (Wildman–Crippen MR) is 124 cm³/mol. The van der Waals surface area contributed by atoms with Gasteiger partial charge >= 0.3 is 0 Å². The number of carbonyl (C=O) groups is 2. The molecule has 0 aliphatic heterocycles. The number of ether oxygens (including phenoxy) is 3. The molecular formula is C23H23N3O5S. The van der Waals surface area contributed by atoms with Gasteiger partial charge in [0.05, 0.1) is 31.9 Å². The molecule has 3 rings (SSSR count). The molecule has 32 heavy (non-hydrogen) atoms. The van der Waals surface area contributed by atoms with Crippen LogP contribution in [0.5, 0.6) is 17.2 Å². The fraction of sp³-hybridized carbons (Fsp3) is 0.174. The first-order valence-electron chi connectivity index (χ1n) is 9.56. The molecule has 0 saturated carbocycles. The van der Waals surface area contributed by atoms with Crippen LogP contribution < -0.4 is 25.0 Å². The second kappa shape index (κ2) is 10.5. The Morgan fingerprint density at radius 2 is 1.59 bits per heavy atom. The largest absolute Gasteiger partial charge is 0.493 e. The molecule has 1 heterocycles. The first-order chi connectivity index (χ1) is 15.5. The topological polar surface area (TPSA) is 98.2 Å². The Bertz CT molecular complexity index is 1120. The lowest BCUT2D eigenvalue weighted by Crippen LogP contribution is -2.19. The Morgan fingerprint density at radius 3 is 2.19 bits per heavy atom. The quantitative estimate of drug-likeness (QED) is 0.394. The number of methoxy groups -OCH3 is 3. The third kappa shape index (κ3) is 5.25. The molecule has 1 aromatic heterocycles. The molecule has 0 bridgehead atoms. The van der Waals surface area contributed by atoms with Crippen molar-refractivity contribution in [2.45, 2.75) is 6.92 Å². The molecular weight excluding hydrogens is 430 g/mol. The second-order valence-electron chi connectivity index (χ2n) is 6.56. The Kier molecular flexibility index (Phi) is 7.45. The molecule has 0 radical (unpaired) electrons. The third-order valence-corrected chi connectivity index (χ3v) is 5.40. The van der Waals surface area contributed by atoms with Gasteiger partial charge in [0, 0.05) is 11.3 Å². The van der Waals surface area contributed by atoms with Gasteiger partial charge in [0.25, 0.3) is 11.8 Å². The summed E-state index contributed by atoms with van der Waals surface area (Å²) in [6.07, 6.45) is 0. The first kappa shape index (κ1) is 22.8. The monoisotopic (exact) mass is 453 g/mol. The van der Waals surface area contributed by atoms with Crippen LogP contribution in [0.1, 0.15) is 32.5 Å². The summed E-state index contributed by atoms with van der Waals surface area (Å²) in [6.45, 7) is 1.76. The van der Waals surface area contributed by atoms with Crippen molar-refractivity contribution >= 4 is 34.6 Å². The number of nitrogens with one attached hydrogen (secondary N) is 2. The lowest BCUT2D eigenvalue weighted by molar-refractivity contribution is 0.0953. The summed E-state index contributed by atoms with van der Waals surface area (Å²) in [6, 6.07) is 13.9. The molecule has 0 atom stereocenters. The molecule has 9 heteroatoms. The van der Waals surface area contributed by atoms with Crippen LogP contribution in [0.15, 0.2) is 59.0 Å². The zero-order valence-corrected chi connectivity index (χ0v) is 18.9. The van der Waals surface area contributed by atoms with E-state index in [1.807, 2.05) is 17.5 Å². The van der Waals surface area contributed by atoms with Crippen LogP contribution in [0.4, 0.5) is 5.69 Å². The normalized spacial score (nSPS) is 10.9. The Labute approximate surface area is 189 Å². The van der Waals surface area contributed by atoms with Crippen LogP contribution in [0.25, 0.3) is 0 Å². The average molecular weight is 454 g/mol. The Balaban J connectivity index is 1.74. The number of rotatable bonds is 8. The third-order valence-electron chi connectivity index (χ3n) is 4.54. The van der Waals surface area contributed by atoms with Gasteiger partial charge in [0.2, 0.25) is 5.75 Å². The molecule has 2 amide bonds. The summed E-state index contributed by atoms with van der Waals surface area (Å²) in [5.74, 6) is 0.514. The van der Waals surface area contributed by atoms with Crippen molar-refractivity contribution in [3.05, 3.63) is 69.9 Å². The second-order valence-corrected chi connectivity index (χ2v) is 7.51. The number of hydrogen-bond acceptors (Lipinski definition) is 7. The number of amides is 2. The van der Waals surface area contributed by atoms with E-state index in [0.29, 0.717) is 39.1 Å². The summed E-state index contributed by atoms with van der Waals surface area (Å²) in [7, 11) is 4.45. The number of nitrogens with zero attached hydrogens (tertiary/aromatic N) is 1. The van der Waals surface area contributed by atoms with Crippen LogP contribution in [0.2, 0.25) is 0 Å². The fourth-order valence-electron chi connectivity index (χ4n) is 2.90. The molecule has 0 aliphatic rings. The van der Waals surface area contributed by atoms with Crippen LogP contribution in [-0.2, 0) is 0 Å². The molecule has 166 valence electrons. The highest BCUT2D eigenvalue weighted by Gasteiger charge is 2.17. The van der Waals surface area contributed by atoms with Crippen LogP contribution in [0, 0.1) is 0 Å². The SMILES string of the molecule is COc1cc(C(=O)N/N=C(/C)c2cccc(NC(=O)c3cccs3)c2)cc(OC)c1OC. The van der Waals surface area contributed by atoms with E-state index in [2.05, 4.69) is 15.8 Å². The lowest BCUT2D eigenvalue weighted by Gasteiger charge is -2.13. The van der Waals surface area contributed by atoms with Crippen molar-refractivity contribution in [1.82, 2.24) is 5.43 Å². The smallest absolute Gasteiger partial charge is 0.271 e. The van der Waals surface area contributed by atoms with E-state index in [1.165, 1.54) is 32.7 Å². The summed E-state index contributed by atoms with van der Waals surface area (Å²) in [5.41, 5.74) is 4.78. The van der Waals surface area contributed by atoms with Gasteiger partial charge in [-0.3, -0.25) is 9.59 Å². The molecule has 3 aromatic rings. The lowest BCUT2D eigenvalue weighted by atomic mass is 10.1. The van der Waals surface area contributed by atoms with Crippen molar-refractivity contribution in [1.29, 1.82) is 0 Å². The summed E-state index contributed by atoms with van der Waals surface area (Å²) in [4.78, 5) is 25.5. The van der Waals surface area contributed by atoms with Gasteiger partial charge in [0.1, 0.15) is 0 Å². The summed E-state index contributed by atoms with van der Waals surface area (Å²) >= 11 is 1.37. The van der Waals surface area contributed by atoms with Gasteiger partial charge in [-0.25, -0.2) is 5.43 Å². The number of anilines is 1. The van der Waals surface area contributed by atoms with Crippen molar-refractivity contribution in [3.63, 3.8) is 0 Å². The molecule has 0 fully saturated rings. The Hall–Kier alpha value is -3.85.